The van der Waals surface area contributed by atoms with Gasteiger partial charge in [-0.05, 0) is 19.3 Å². The molecule has 1 aromatic rings. The zero-order chi connectivity index (χ0) is 15.6. The summed E-state index contributed by atoms with van der Waals surface area (Å²) in [6.45, 7) is 6.97. The van der Waals surface area contributed by atoms with Gasteiger partial charge in [-0.15, -0.1) is 0 Å². The van der Waals surface area contributed by atoms with Crippen LogP contribution in [0, 0.1) is 0 Å². The van der Waals surface area contributed by atoms with Crippen molar-refractivity contribution < 1.29 is 5.11 Å². The van der Waals surface area contributed by atoms with Crippen LogP contribution in [0.2, 0.25) is 13.1 Å². The maximum absolute atomic E-state index is 9.97. The molecule has 0 saturated heterocycles. The van der Waals surface area contributed by atoms with Crippen LogP contribution in [0.15, 0.2) is 42.1 Å². The van der Waals surface area contributed by atoms with Crippen LogP contribution in [-0.2, 0) is 0 Å². The molecule has 0 heterocycles. The second-order valence-electron chi connectivity index (χ2n) is 6.57. The first kappa shape index (κ1) is 18.2. The zero-order valence-electron chi connectivity index (χ0n) is 14.0. The van der Waals surface area contributed by atoms with Gasteiger partial charge >= 0.3 is 0 Å². The van der Waals surface area contributed by atoms with E-state index in [0.717, 1.165) is 19.3 Å². The molecule has 1 nitrogen and oxygen atoms in total. The molecule has 0 bridgehead atoms. The molecule has 118 valence electrons. The molecule has 1 aromatic carbocycles. The summed E-state index contributed by atoms with van der Waals surface area (Å²) in [4.78, 5) is 0. The SMILES string of the molecule is CCCCCCC(O)CC/C=C\[Si](C)(C)c1ccccc1. The molecule has 0 aliphatic rings. The van der Waals surface area contributed by atoms with Crippen LogP contribution in [0.5, 0.6) is 0 Å². The Morgan fingerprint density at radius 3 is 2.43 bits per heavy atom. The van der Waals surface area contributed by atoms with Crippen LogP contribution >= 0.6 is 0 Å². The van der Waals surface area contributed by atoms with Crippen molar-refractivity contribution in [1.29, 1.82) is 0 Å². The molecule has 0 amide bonds. The van der Waals surface area contributed by atoms with E-state index in [4.69, 9.17) is 0 Å². The van der Waals surface area contributed by atoms with Crippen molar-refractivity contribution in [1.82, 2.24) is 0 Å². The van der Waals surface area contributed by atoms with Gasteiger partial charge in [0.05, 0.1) is 6.10 Å². The highest BCUT2D eigenvalue weighted by Crippen LogP contribution is 2.11. The van der Waals surface area contributed by atoms with E-state index in [9.17, 15) is 5.11 Å². The highest BCUT2D eigenvalue weighted by Gasteiger charge is 2.18. The number of hydrogen-bond acceptors (Lipinski definition) is 1. The Bertz CT molecular complexity index is 397. The minimum atomic E-state index is -1.45. The molecule has 0 aliphatic carbocycles. The van der Waals surface area contributed by atoms with Crippen LogP contribution < -0.4 is 5.19 Å². The number of unbranched alkanes of at least 4 members (excludes halogenated alkanes) is 3. The lowest BCUT2D eigenvalue weighted by atomic mass is 10.1. The van der Waals surface area contributed by atoms with Crippen molar-refractivity contribution in [3.05, 3.63) is 42.1 Å². The fourth-order valence-corrected chi connectivity index (χ4v) is 4.58. The highest BCUT2D eigenvalue weighted by atomic mass is 28.3. The van der Waals surface area contributed by atoms with Gasteiger partial charge in [-0.3, -0.25) is 0 Å². The van der Waals surface area contributed by atoms with Gasteiger partial charge < -0.3 is 5.11 Å². The van der Waals surface area contributed by atoms with Crippen LogP contribution in [0.4, 0.5) is 0 Å². The summed E-state index contributed by atoms with van der Waals surface area (Å²) in [5.41, 5.74) is 2.41. The van der Waals surface area contributed by atoms with E-state index in [0.29, 0.717) is 0 Å². The van der Waals surface area contributed by atoms with Gasteiger partial charge in [0.2, 0.25) is 0 Å². The van der Waals surface area contributed by atoms with Crippen molar-refractivity contribution in [2.75, 3.05) is 0 Å². The Morgan fingerprint density at radius 2 is 1.76 bits per heavy atom. The molecule has 1 N–H and O–H groups in total. The van der Waals surface area contributed by atoms with E-state index < -0.39 is 8.07 Å². The molecule has 0 aliphatic heterocycles. The van der Waals surface area contributed by atoms with Crippen molar-refractivity contribution >= 4 is 13.3 Å². The molecule has 0 saturated carbocycles. The lowest BCUT2D eigenvalue weighted by Crippen LogP contribution is -2.39. The van der Waals surface area contributed by atoms with Gasteiger partial charge in [-0.2, -0.15) is 0 Å². The quantitative estimate of drug-likeness (QED) is 0.486. The lowest BCUT2D eigenvalue weighted by molar-refractivity contribution is 0.152. The molecular weight excluding hydrogens is 272 g/mol. The Balaban J connectivity index is 2.28. The molecule has 0 fully saturated rings. The van der Waals surface area contributed by atoms with Gasteiger partial charge in [0, 0.05) is 0 Å². The summed E-state index contributed by atoms with van der Waals surface area (Å²) in [5.74, 6) is 0. The molecule has 0 spiro atoms. The van der Waals surface area contributed by atoms with Crippen LogP contribution in [0.1, 0.15) is 51.9 Å². The van der Waals surface area contributed by atoms with Gasteiger partial charge in [-0.1, -0.05) is 93.0 Å². The first-order chi connectivity index (χ1) is 10.1. The third-order valence-corrected chi connectivity index (χ3v) is 7.00. The summed E-state index contributed by atoms with van der Waals surface area (Å²) < 4.78 is 0. The maximum Gasteiger partial charge on any atom is 0.103 e. The molecule has 1 rings (SSSR count). The Labute approximate surface area is 132 Å². The number of allylic oxidation sites excluding steroid dienone is 1. The van der Waals surface area contributed by atoms with Crippen molar-refractivity contribution in [2.24, 2.45) is 0 Å². The van der Waals surface area contributed by atoms with Gasteiger partial charge in [0.25, 0.3) is 0 Å². The average molecular weight is 305 g/mol. The number of aliphatic hydroxyl groups is 1. The van der Waals surface area contributed by atoms with E-state index >= 15 is 0 Å². The molecule has 0 radical (unpaired) electrons. The first-order valence-electron chi connectivity index (χ1n) is 8.47. The summed E-state index contributed by atoms with van der Waals surface area (Å²) in [7, 11) is -1.45. The predicted octanol–water partition coefficient (Wildman–Crippen LogP) is 4.81. The van der Waals surface area contributed by atoms with Crippen molar-refractivity contribution in [2.45, 2.75) is 71.1 Å². The Morgan fingerprint density at radius 1 is 1.05 bits per heavy atom. The predicted molar refractivity (Wildman–Crippen MR) is 96.7 cm³/mol. The summed E-state index contributed by atoms with van der Waals surface area (Å²) in [6, 6.07) is 10.8. The van der Waals surface area contributed by atoms with Gasteiger partial charge in [0.1, 0.15) is 8.07 Å². The van der Waals surface area contributed by atoms with E-state index in [2.05, 4.69) is 62.1 Å². The molecule has 2 heteroatoms. The van der Waals surface area contributed by atoms with E-state index in [1.807, 2.05) is 0 Å². The highest BCUT2D eigenvalue weighted by molar-refractivity contribution is 6.93. The summed E-state index contributed by atoms with van der Waals surface area (Å²) in [6.07, 6.45) is 10.0. The van der Waals surface area contributed by atoms with Crippen molar-refractivity contribution in [3.8, 4) is 0 Å². The maximum atomic E-state index is 9.97. The number of aliphatic hydroxyl groups excluding tert-OH is 1. The monoisotopic (exact) mass is 304 g/mol. The van der Waals surface area contributed by atoms with E-state index in [1.54, 1.807) is 0 Å². The third kappa shape index (κ3) is 7.63. The Hall–Kier alpha value is -0.863. The minimum absolute atomic E-state index is 0.118. The van der Waals surface area contributed by atoms with Gasteiger partial charge in [-0.25, -0.2) is 0 Å². The average Bonchev–Trinajstić information content (AvgIpc) is 2.49. The normalized spacial score (nSPS) is 13.7. The Kier molecular flexibility index (Phi) is 8.63. The first-order valence-corrected chi connectivity index (χ1v) is 11.6. The standard InChI is InChI=1S/C19H32OSi/c1-4-5-6-8-13-18(20)14-11-12-17-21(2,3)19-15-9-7-10-16-19/h7,9-10,12,15-18,20H,4-6,8,11,13-14H2,1-3H3/b17-12-. The molecule has 0 aromatic heterocycles. The van der Waals surface area contributed by atoms with Gasteiger partial charge in [0.15, 0.2) is 0 Å². The number of hydrogen-bond donors (Lipinski definition) is 1. The van der Waals surface area contributed by atoms with Crippen LogP contribution in [-0.4, -0.2) is 19.3 Å². The molecule has 1 unspecified atom stereocenters. The van der Waals surface area contributed by atoms with Crippen molar-refractivity contribution in [3.63, 3.8) is 0 Å². The third-order valence-electron chi connectivity index (χ3n) is 4.11. The second kappa shape index (κ2) is 9.96. The van der Waals surface area contributed by atoms with E-state index in [1.165, 1.54) is 30.9 Å². The number of rotatable bonds is 10. The van der Waals surface area contributed by atoms with Crippen LogP contribution in [0.3, 0.4) is 0 Å². The molecular formula is C19H32OSi. The fourth-order valence-electron chi connectivity index (χ4n) is 2.58. The second-order valence-corrected chi connectivity index (χ2v) is 10.9. The topological polar surface area (TPSA) is 20.2 Å². The minimum Gasteiger partial charge on any atom is -0.393 e. The largest absolute Gasteiger partial charge is 0.393 e. The zero-order valence-corrected chi connectivity index (χ0v) is 15.0. The molecule has 1 atom stereocenters. The summed E-state index contributed by atoms with van der Waals surface area (Å²) >= 11 is 0. The number of benzene rings is 1. The lowest BCUT2D eigenvalue weighted by Gasteiger charge is -2.18. The van der Waals surface area contributed by atoms with E-state index in [-0.39, 0.29) is 6.10 Å². The molecule has 21 heavy (non-hydrogen) atoms. The summed E-state index contributed by atoms with van der Waals surface area (Å²) in [5, 5.41) is 11.4. The fraction of sp³-hybridized carbons (Fsp3) is 0.579. The smallest absolute Gasteiger partial charge is 0.103 e. The van der Waals surface area contributed by atoms with Crippen LogP contribution in [0.25, 0.3) is 0 Å².